The molecular weight excluding hydrogens is 420 g/mol. The second-order valence-electron chi connectivity index (χ2n) is 7.75. The number of hydrogen-bond acceptors (Lipinski definition) is 1. The summed E-state index contributed by atoms with van der Waals surface area (Å²) in [6.45, 7) is 5.57. The molecule has 148 valence electrons. The van der Waals surface area contributed by atoms with Crippen LogP contribution in [0.2, 0.25) is 0 Å². The van der Waals surface area contributed by atoms with Crippen molar-refractivity contribution in [2.45, 2.75) is 32.7 Å². The number of nitrogens with zero attached hydrogens (tertiary/aromatic N) is 2. The summed E-state index contributed by atoms with van der Waals surface area (Å²) in [5.74, 6) is 0. The summed E-state index contributed by atoms with van der Waals surface area (Å²) in [6.07, 6.45) is 3.99. The Bertz CT molecular complexity index is 1070. The Balaban J connectivity index is 0.00000205. The van der Waals surface area contributed by atoms with Crippen molar-refractivity contribution in [3.63, 3.8) is 0 Å². The number of aromatic nitrogens is 1. The summed E-state index contributed by atoms with van der Waals surface area (Å²) in [4.78, 5) is 2.53. The van der Waals surface area contributed by atoms with Crippen molar-refractivity contribution >= 4 is 27.5 Å². The van der Waals surface area contributed by atoms with Crippen LogP contribution in [0.15, 0.2) is 72.8 Å². The van der Waals surface area contributed by atoms with Crippen LogP contribution in [0.1, 0.15) is 26.2 Å². The third-order valence-corrected chi connectivity index (χ3v) is 6.12. The highest BCUT2D eigenvalue weighted by Crippen LogP contribution is 2.35. The van der Waals surface area contributed by atoms with Crippen LogP contribution in [0, 0.1) is 0 Å². The summed E-state index contributed by atoms with van der Waals surface area (Å²) in [5.41, 5.74) is 6.62. The molecule has 1 aromatic heterocycles. The van der Waals surface area contributed by atoms with Crippen LogP contribution < -0.4 is 26.4 Å². The van der Waals surface area contributed by atoms with Gasteiger partial charge in [0.1, 0.15) is 6.54 Å². The lowest BCUT2D eigenvalue weighted by Gasteiger charge is -2.29. The largest absolute Gasteiger partial charge is 1.00 e. The lowest BCUT2D eigenvalue weighted by molar-refractivity contribution is -0.641. The van der Waals surface area contributed by atoms with E-state index in [4.69, 9.17) is 0 Å². The van der Waals surface area contributed by atoms with Gasteiger partial charge < -0.3 is 21.9 Å². The molecule has 3 heteroatoms. The fourth-order valence-electron chi connectivity index (χ4n) is 4.76. The number of rotatable bonds is 3. The topological polar surface area (TPSA) is 7.12 Å². The summed E-state index contributed by atoms with van der Waals surface area (Å²) >= 11 is 0. The average Bonchev–Trinajstić information content (AvgIpc) is 2.78. The molecule has 0 atom stereocenters. The zero-order chi connectivity index (χ0) is 18.9. The highest BCUT2D eigenvalue weighted by Gasteiger charge is 2.20. The van der Waals surface area contributed by atoms with Crippen molar-refractivity contribution in [2.75, 3.05) is 18.0 Å². The first-order chi connectivity index (χ1) is 13.9. The molecule has 29 heavy (non-hydrogen) atoms. The predicted octanol–water partition coefficient (Wildman–Crippen LogP) is 2.96. The highest BCUT2D eigenvalue weighted by molar-refractivity contribution is 6.07. The number of piperidine rings is 1. The van der Waals surface area contributed by atoms with Crippen LogP contribution in [0.5, 0.6) is 0 Å². The molecule has 0 N–H and O–H groups in total. The minimum Gasteiger partial charge on any atom is -1.00 e. The molecule has 0 aliphatic carbocycles. The van der Waals surface area contributed by atoms with Crippen molar-refractivity contribution in [2.24, 2.45) is 0 Å². The van der Waals surface area contributed by atoms with Crippen LogP contribution in [0.25, 0.3) is 32.9 Å². The first kappa shape index (κ1) is 19.9. The molecule has 1 aliphatic heterocycles. The first-order valence-electron chi connectivity index (χ1n) is 10.6. The Kier molecular flexibility index (Phi) is 5.86. The molecule has 0 amide bonds. The quantitative estimate of drug-likeness (QED) is 0.346. The molecule has 5 rings (SSSR count). The summed E-state index contributed by atoms with van der Waals surface area (Å²) < 4.78 is 2.43. The van der Waals surface area contributed by atoms with E-state index >= 15 is 0 Å². The van der Waals surface area contributed by atoms with E-state index in [2.05, 4.69) is 89.2 Å². The summed E-state index contributed by atoms with van der Waals surface area (Å²) in [6, 6.07) is 26.9. The molecule has 1 aliphatic rings. The fraction of sp³-hybridized carbons (Fsp3) is 0.269. The van der Waals surface area contributed by atoms with Crippen molar-refractivity contribution in [1.82, 2.24) is 0 Å². The van der Waals surface area contributed by atoms with Gasteiger partial charge in [-0.1, -0.05) is 36.4 Å². The van der Waals surface area contributed by atoms with Gasteiger partial charge in [0.2, 0.25) is 11.0 Å². The van der Waals surface area contributed by atoms with Gasteiger partial charge in [0.05, 0.1) is 10.8 Å². The minimum atomic E-state index is 0. The van der Waals surface area contributed by atoms with E-state index in [1.54, 1.807) is 0 Å². The molecule has 0 unspecified atom stereocenters. The Morgan fingerprint density at radius 1 is 0.724 bits per heavy atom. The number of anilines is 1. The molecule has 0 radical (unpaired) electrons. The number of fused-ring (bicyclic) bond motifs is 2. The van der Waals surface area contributed by atoms with Gasteiger partial charge in [-0.3, -0.25) is 0 Å². The van der Waals surface area contributed by atoms with Gasteiger partial charge >= 0.3 is 0 Å². The molecule has 0 bridgehead atoms. The smallest absolute Gasteiger partial charge is 0.213 e. The molecular formula is C26H27BrN2. The fourth-order valence-corrected chi connectivity index (χ4v) is 4.76. The number of aryl methyl sites for hydroxylation is 1. The van der Waals surface area contributed by atoms with E-state index in [-0.39, 0.29) is 17.0 Å². The summed E-state index contributed by atoms with van der Waals surface area (Å²) in [5, 5.41) is 2.66. The van der Waals surface area contributed by atoms with Crippen molar-refractivity contribution in [1.29, 1.82) is 0 Å². The van der Waals surface area contributed by atoms with Crippen molar-refractivity contribution < 1.29 is 21.5 Å². The van der Waals surface area contributed by atoms with Gasteiger partial charge in [0.25, 0.3) is 0 Å². The van der Waals surface area contributed by atoms with Crippen LogP contribution in [-0.4, -0.2) is 13.1 Å². The standard InChI is InChI=1S/C26H27N2.BrH/c1-2-28-24-12-6-4-10-22(24)26(23-11-5-7-13-25(23)28)20-14-16-21(17-15-20)27-18-8-3-9-19-27;/h4-7,10-17H,2-3,8-9,18-19H2,1H3;1H/q+1;/p-1. The number of benzene rings is 3. The lowest BCUT2D eigenvalue weighted by atomic mass is 9.95. The van der Waals surface area contributed by atoms with E-state index in [9.17, 15) is 0 Å². The van der Waals surface area contributed by atoms with E-state index in [1.807, 2.05) is 0 Å². The van der Waals surface area contributed by atoms with Gasteiger partial charge in [0.15, 0.2) is 0 Å². The molecule has 4 aromatic rings. The summed E-state index contributed by atoms with van der Waals surface area (Å²) in [7, 11) is 0. The lowest BCUT2D eigenvalue weighted by Crippen LogP contribution is -3.00. The maximum atomic E-state index is 2.53. The Labute approximate surface area is 183 Å². The second-order valence-corrected chi connectivity index (χ2v) is 7.75. The van der Waals surface area contributed by atoms with Crippen LogP contribution in [0.3, 0.4) is 0 Å². The van der Waals surface area contributed by atoms with Crippen molar-refractivity contribution in [3.05, 3.63) is 72.8 Å². The van der Waals surface area contributed by atoms with Gasteiger partial charge in [-0.25, -0.2) is 0 Å². The third kappa shape index (κ3) is 3.53. The van der Waals surface area contributed by atoms with Gasteiger partial charge in [0, 0.05) is 36.5 Å². The maximum absolute atomic E-state index is 2.53. The number of pyridine rings is 1. The third-order valence-electron chi connectivity index (χ3n) is 6.12. The van der Waals surface area contributed by atoms with Gasteiger partial charge in [-0.15, -0.1) is 0 Å². The molecule has 2 nitrogen and oxygen atoms in total. The molecule has 1 saturated heterocycles. The van der Waals surface area contributed by atoms with E-state index in [0.29, 0.717) is 0 Å². The second kappa shape index (κ2) is 8.54. The Hall–Kier alpha value is -2.39. The monoisotopic (exact) mass is 446 g/mol. The Morgan fingerprint density at radius 2 is 1.28 bits per heavy atom. The van der Waals surface area contributed by atoms with Crippen LogP contribution in [-0.2, 0) is 6.54 Å². The number of halogens is 1. The van der Waals surface area contributed by atoms with Crippen LogP contribution in [0.4, 0.5) is 5.69 Å². The van der Waals surface area contributed by atoms with Crippen molar-refractivity contribution in [3.8, 4) is 11.1 Å². The van der Waals surface area contributed by atoms with E-state index in [0.717, 1.165) is 6.54 Å². The molecule has 0 saturated carbocycles. The molecule has 2 heterocycles. The average molecular weight is 447 g/mol. The zero-order valence-electron chi connectivity index (χ0n) is 16.9. The number of para-hydroxylation sites is 2. The first-order valence-corrected chi connectivity index (χ1v) is 10.6. The number of hydrogen-bond donors (Lipinski definition) is 0. The normalized spacial score (nSPS) is 14.2. The molecule has 3 aromatic carbocycles. The van der Waals surface area contributed by atoms with Gasteiger partial charge in [-0.2, -0.15) is 4.57 Å². The SMILES string of the molecule is CC[n+]1c2ccccc2c(-c2ccc(N3CCCCC3)cc2)c2ccccc21.[Br-]. The predicted molar refractivity (Wildman–Crippen MR) is 119 cm³/mol. The van der Waals surface area contributed by atoms with Crippen LogP contribution >= 0.6 is 0 Å². The minimum absolute atomic E-state index is 0. The highest BCUT2D eigenvalue weighted by atomic mass is 79.9. The van der Waals surface area contributed by atoms with E-state index in [1.165, 1.54) is 71.0 Å². The maximum Gasteiger partial charge on any atom is 0.213 e. The Morgan fingerprint density at radius 3 is 1.83 bits per heavy atom. The van der Waals surface area contributed by atoms with Gasteiger partial charge in [-0.05, 0) is 56.0 Å². The zero-order valence-corrected chi connectivity index (χ0v) is 18.5. The molecule has 0 spiro atoms. The molecule has 1 fully saturated rings. The van der Waals surface area contributed by atoms with E-state index < -0.39 is 0 Å².